The minimum Gasteiger partial charge on any atom is -0.495 e. The van der Waals surface area contributed by atoms with E-state index in [0.717, 1.165) is 25.3 Å². The third-order valence-corrected chi connectivity index (χ3v) is 2.43. The molecule has 0 radical (unpaired) electrons. The summed E-state index contributed by atoms with van der Waals surface area (Å²) in [6.45, 7) is 4.68. The number of methoxy groups -OCH3 is 1. The molecule has 0 aliphatic rings. The first-order valence-electron chi connectivity index (χ1n) is 5.44. The smallest absolute Gasteiger partial charge is 0.142 e. The summed E-state index contributed by atoms with van der Waals surface area (Å²) in [5.41, 5.74) is 0.778. The molecule has 90 valence electrons. The van der Waals surface area contributed by atoms with Crippen LogP contribution in [-0.2, 0) is 0 Å². The Balaban J connectivity index is 2.72. The summed E-state index contributed by atoms with van der Waals surface area (Å²) < 4.78 is 18.3. The van der Waals surface area contributed by atoms with Crippen molar-refractivity contribution < 1.29 is 9.13 Å². The van der Waals surface area contributed by atoms with Crippen molar-refractivity contribution in [3.63, 3.8) is 0 Å². The highest BCUT2D eigenvalue weighted by Crippen LogP contribution is 2.27. The number of benzene rings is 1. The Labute approximate surface area is 96.2 Å². The minimum absolute atomic E-state index is 0.244. The average molecular weight is 226 g/mol. The van der Waals surface area contributed by atoms with E-state index in [0.29, 0.717) is 5.75 Å². The summed E-state index contributed by atoms with van der Waals surface area (Å²) in [7, 11) is 3.52. The molecule has 1 rings (SSSR count). The molecule has 4 heteroatoms. The van der Waals surface area contributed by atoms with Gasteiger partial charge in [0.05, 0.1) is 12.8 Å². The number of halogens is 1. The normalized spacial score (nSPS) is 10.2. The summed E-state index contributed by atoms with van der Waals surface area (Å²) in [4.78, 5) is 1.98. The molecule has 0 amide bonds. The van der Waals surface area contributed by atoms with Crippen molar-refractivity contribution in [2.45, 2.75) is 6.92 Å². The van der Waals surface area contributed by atoms with Crippen LogP contribution in [0.1, 0.15) is 6.92 Å². The fourth-order valence-electron chi connectivity index (χ4n) is 1.51. The van der Waals surface area contributed by atoms with Crippen LogP contribution in [0.25, 0.3) is 0 Å². The molecule has 0 saturated heterocycles. The maximum Gasteiger partial charge on any atom is 0.142 e. The fourth-order valence-corrected chi connectivity index (χ4v) is 1.51. The van der Waals surface area contributed by atoms with Crippen LogP contribution in [0.2, 0.25) is 0 Å². The van der Waals surface area contributed by atoms with E-state index in [9.17, 15) is 4.39 Å². The Bertz CT molecular complexity index is 331. The van der Waals surface area contributed by atoms with Gasteiger partial charge in [0.2, 0.25) is 0 Å². The number of anilines is 1. The zero-order valence-electron chi connectivity index (χ0n) is 10.1. The molecular formula is C12H19FN2O. The Hall–Kier alpha value is -1.29. The van der Waals surface area contributed by atoms with Gasteiger partial charge in [-0.3, -0.25) is 0 Å². The highest BCUT2D eigenvalue weighted by Gasteiger charge is 2.08. The lowest BCUT2D eigenvalue weighted by Crippen LogP contribution is -2.29. The van der Waals surface area contributed by atoms with Crippen LogP contribution < -0.4 is 15.0 Å². The number of nitrogens with one attached hydrogen (secondary N) is 1. The van der Waals surface area contributed by atoms with Crippen LogP contribution in [-0.4, -0.2) is 33.8 Å². The van der Waals surface area contributed by atoms with Crippen LogP contribution in [0.3, 0.4) is 0 Å². The van der Waals surface area contributed by atoms with Crippen LogP contribution in [0.5, 0.6) is 5.75 Å². The van der Waals surface area contributed by atoms with Gasteiger partial charge in [-0.25, -0.2) is 4.39 Å². The molecule has 0 aliphatic heterocycles. The zero-order valence-corrected chi connectivity index (χ0v) is 10.1. The minimum atomic E-state index is -0.244. The lowest BCUT2D eigenvalue weighted by molar-refractivity contribution is 0.413. The summed E-state index contributed by atoms with van der Waals surface area (Å²) in [6, 6.07) is 4.54. The van der Waals surface area contributed by atoms with E-state index in [4.69, 9.17) is 4.74 Å². The van der Waals surface area contributed by atoms with Crippen molar-refractivity contribution in [1.29, 1.82) is 0 Å². The second kappa shape index (κ2) is 6.33. The molecule has 3 nitrogen and oxygen atoms in total. The number of rotatable bonds is 6. The molecule has 1 aromatic carbocycles. The van der Waals surface area contributed by atoms with Gasteiger partial charge in [0.15, 0.2) is 0 Å². The van der Waals surface area contributed by atoms with Crippen molar-refractivity contribution in [1.82, 2.24) is 5.32 Å². The van der Waals surface area contributed by atoms with Crippen molar-refractivity contribution in [2.75, 3.05) is 38.7 Å². The second-order valence-electron chi connectivity index (χ2n) is 3.59. The third kappa shape index (κ3) is 3.38. The number of nitrogens with zero attached hydrogens (tertiary/aromatic N) is 1. The van der Waals surface area contributed by atoms with E-state index in [-0.39, 0.29) is 5.82 Å². The molecule has 0 fully saturated rings. The SMILES string of the molecule is CCNCCN(C)c1cc(F)ccc1OC. The molecule has 0 saturated carbocycles. The molecule has 16 heavy (non-hydrogen) atoms. The summed E-state index contributed by atoms with van der Waals surface area (Å²) >= 11 is 0. The standard InChI is InChI=1S/C12H19FN2O/c1-4-14-7-8-15(2)11-9-10(13)5-6-12(11)16-3/h5-6,9,14H,4,7-8H2,1-3H3. The van der Waals surface area contributed by atoms with Gasteiger partial charge in [-0.15, -0.1) is 0 Å². The zero-order chi connectivity index (χ0) is 12.0. The molecule has 0 aromatic heterocycles. The quantitative estimate of drug-likeness (QED) is 0.750. The highest BCUT2D eigenvalue weighted by atomic mass is 19.1. The Morgan fingerprint density at radius 3 is 2.81 bits per heavy atom. The first kappa shape index (κ1) is 12.8. The van der Waals surface area contributed by atoms with Crippen molar-refractivity contribution in [3.05, 3.63) is 24.0 Å². The van der Waals surface area contributed by atoms with Crippen molar-refractivity contribution >= 4 is 5.69 Å². The fraction of sp³-hybridized carbons (Fsp3) is 0.500. The van der Waals surface area contributed by atoms with E-state index < -0.39 is 0 Å². The number of likely N-dealkylation sites (N-methyl/N-ethyl adjacent to an activating group) is 2. The molecular weight excluding hydrogens is 207 g/mol. The van der Waals surface area contributed by atoms with Gasteiger partial charge >= 0.3 is 0 Å². The predicted molar refractivity (Wildman–Crippen MR) is 64.8 cm³/mol. The Kier molecular flexibility index (Phi) is 5.05. The van der Waals surface area contributed by atoms with Crippen LogP contribution in [0.4, 0.5) is 10.1 Å². The first-order chi connectivity index (χ1) is 7.69. The Morgan fingerprint density at radius 2 is 2.19 bits per heavy atom. The van der Waals surface area contributed by atoms with Gasteiger partial charge < -0.3 is 15.0 Å². The van der Waals surface area contributed by atoms with E-state index in [1.807, 2.05) is 11.9 Å². The van der Waals surface area contributed by atoms with Gasteiger partial charge in [0.25, 0.3) is 0 Å². The van der Waals surface area contributed by atoms with Crippen LogP contribution in [0, 0.1) is 5.82 Å². The maximum atomic E-state index is 13.1. The van der Waals surface area contributed by atoms with Gasteiger partial charge in [0.1, 0.15) is 11.6 Å². The molecule has 1 aromatic rings. The summed E-state index contributed by atoms with van der Waals surface area (Å²) in [5.74, 6) is 0.450. The second-order valence-corrected chi connectivity index (χ2v) is 3.59. The monoisotopic (exact) mass is 226 g/mol. The van der Waals surface area contributed by atoms with E-state index in [1.54, 1.807) is 13.2 Å². The average Bonchev–Trinajstić information content (AvgIpc) is 2.29. The summed E-state index contributed by atoms with van der Waals surface area (Å²) in [6.07, 6.45) is 0. The molecule has 0 heterocycles. The summed E-state index contributed by atoms with van der Waals surface area (Å²) in [5, 5.41) is 3.22. The maximum absolute atomic E-state index is 13.1. The predicted octanol–water partition coefficient (Wildman–Crippen LogP) is 1.88. The molecule has 1 N–H and O–H groups in total. The van der Waals surface area contributed by atoms with E-state index in [1.165, 1.54) is 12.1 Å². The molecule has 0 atom stereocenters. The van der Waals surface area contributed by atoms with Crippen molar-refractivity contribution in [2.24, 2.45) is 0 Å². The number of hydrogen-bond donors (Lipinski definition) is 1. The molecule has 0 spiro atoms. The van der Waals surface area contributed by atoms with E-state index >= 15 is 0 Å². The largest absolute Gasteiger partial charge is 0.495 e. The number of ether oxygens (including phenoxy) is 1. The van der Waals surface area contributed by atoms with Gasteiger partial charge in [-0.05, 0) is 18.7 Å². The number of hydrogen-bond acceptors (Lipinski definition) is 3. The lowest BCUT2D eigenvalue weighted by Gasteiger charge is -2.21. The van der Waals surface area contributed by atoms with Crippen molar-refractivity contribution in [3.8, 4) is 5.75 Å². The van der Waals surface area contributed by atoms with Crippen LogP contribution >= 0.6 is 0 Å². The van der Waals surface area contributed by atoms with Gasteiger partial charge in [0, 0.05) is 26.2 Å². The molecule has 0 unspecified atom stereocenters. The van der Waals surface area contributed by atoms with Gasteiger partial charge in [-0.2, -0.15) is 0 Å². The Morgan fingerprint density at radius 1 is 1.44 bits per heavy atom. The van der Waals surface area contributed by atoms with E-state index in [2.05, 4.69) is 12.2 Å². The highest BCUT2D eigenvalue weighted by molar-refractivity contribution is 5.58. The third-order valence-electron chi connectivity index (χ3n) is 2.43. The van der Waals surface area contributed by atoms with Gasteiger partial charge in [-0.1, -0.05) is 6.92 Å². The molecule has 0 aliphatic carbocycles. The van der Waals surface area contributed by atoms with Crippen LogP contribution in [0.15, 0.2) is 18.2 Å². The lowest BCUT2D eigenvalue weighted by atomic mass is 10.2. The topological polar surface area (TPSA) is 24.5 Å². The molecule has 0 bridgehead atoms. The first-order valence-corrected chi connectivity index (χ1v) is 5.44.